The van der Waals surface area contributed by atoms with Crippen LogP contribution in [0.2, 0.25) is 0 Å². The van der Waals surface area contributed by atoms with Gasteiger partial charge in [0.2, 0.25) is 0 Å². The Kier molecular flexibility index (Phi) is 5.24. The summed E-state index contributed by atoms with van der Waals surface area (Å²) in [5.41, 5.74) is 4.01. The monoisotopic (exact) mass is 340 g/mol. The van der Waals surface area contributed by atoms with E-state index in [1.807, 2.05) is 13.0 Å². The Morgan fingerprint density at radius 2 is 1.88 bits per heavy atom. The Balaban J connectivity index is 1.74. The number of ether oxygens (including phenoxy) is 2. The molecular formula is C20H24N2O3. The van der Waals surface area contributed by atoms with Gasteiger partial charge in [0.05, 0.1) is 14.2 Å². The molecule has 1 unspecified atom stereocenters. The van der Waals surface area contributed by atoms with Crippen LogP contribution in [0.3, 0.4) is 0 Å². The van der Waals surface area contributed by atoms with Crippen LogP contribution in [0.1, 0.15) is 33.1 Å². The van der Waals surface area contributed by atoms with Crippen LogP contribution in [-0.2, 0) is 6.42 Å². The molecule has 0 bridgehead atoms. The first-order valence-electron chi connectivity index (χ1n) is 8.46. The van der Waals surface area contributed by atoms with Crippen molar-refractivity contribution < 1.29 is 14.3 Å². The average molecular weight is 340 g/mol. The molecule has 2 aromatic rings. The van der Waals surface area contributed by atoms with Crippen molar-refractivity contribution in [2.75, 3.05) is 27.3 Å². The summed E-state index contributed by atoms with van der Waals surface area (Å²) in [6.45, 7) is 3.36. The number of nitrogens with one attached hydrogen (secondary N) is 2. The van der Waals surface area contributed by atoms with Crippen LogP contribution in [0.4, 0.5) is 0 Å². The number of hydrogen-bond acceptors (Lipinski definition) is 4. The zero-order valence-electron chi connectivity index (χ0n) is 14.9. The minimum Gasteiger partial charge on any atom is -0.496 e. The lowest BCUT2D eigenvalue weighted by atomic mass is 9.94. The van der Waals surface area contributed by atoms with Gasteiger partial charge in [-0.25, -0.2) is 0 Å². The summed E-state index contributed by atoms with van der Waals surface area (Å²) >= 11 is 0. The number of amides is 1. The van der Waals surface area contributed by atoms with Gasteiger partial charge in [-0.05, 0) is 43.1 Å². The lowest BCUT2D eigenvalue weighted by Gasteiger charge is -2.27. The summed E-state index contributed by atoms with van der Waals surface area (Å²) in [6.07, 6.45) is 1.02. The number of benzene rings is 2. The molecule has 0 fully saturated rings. The van der Waals surface area contributed by atoms with E-state index in [1.54, 1.807) is 26.4 Å². The molecule has 0 spiro atoms. The van der Waals surface area contributed by atoms with Crippen molar-refractivity contribution in [1.82, 2.24) is 10.6 Å². The first kappa shape index (κ1) is 17.3. The molecule has 1 amide bonds. The summed E-state index contributed by atoms with van der Waals surface area (Å²) in [4.78, 5) is 12.6. The minimum atomic E-state index is -0.138. The second kappa shape index (κ2) is 7.57. The van der Waals surface area contributed by atoms with Gasteiger partial charge >= 0.3 is 0 Å². The molecule has 1 atom stereocenters. The lowest BCUT2D eigenvalue weighted by Crippen LogP contribution is -2.38. The Morgan fingerprint density at radius 1 is 1.20 bits per heavy atom. The van der Waals surface area contributed by atoms with Crippen LogP contribution in [0, 0.1) is 6.92 Å². The molecule has 3 rings (SSSR count). The summed E-state index contributed by atoms with van der Waals surface area (Å²) in [5.74, 6) is 1.15. The van der Waals surface area contributed by atoms with Crippen LogP contribution < -0.4 is 20.1 Å². The molecule has 5 heteroatoms. The maximum atomic E-state index is 12.6. The van der Waals surface area contributed by atoms with Gasteiger partial charge in [0.1, 0.15) is 11.5 Å². The fourth-order valence-electron chi connectivity index (χ4n) is 3.29. The van der Waals surface area contributed by atoms with E-state index >= 15 is 0 Å². The Hall–Kier alpha value is -2.53. The average Bonchev–Trinajstić information content (AvgIpc) is 2.66. The molecule has 132 valence electrons. The van der Waals surface area contributed by atoms with Crippen molar-refractivity contribution in [3.8, 4) is 11.5 Å². The van der Waals surface area contributed by atoms with Crippen molar-refractivity contribution in [2.45, 2.75) is 19.4 Å². The van der Waals surface area contributed by atoms with Gasteiger partial charge < -0.3 is 20.1 Å². The van der Waals surface area contributed by atoms with E-state index < -0.39 is 0 Å². The smallest absolute Gasteiger partial charge is 0.251 e. The minimum absolute atomic E-state index is 0.128. The normalized spacial score (nSPS) is 16.0. The molecule has 2 aromatic carbocycles. The van der Waals surface area contributed by atoms with Crippen LogP contribution >= 0.6 is 0 Å². The number of hydrogen-bond donors (Lipinski definition) is 2. The summed E-state index contributed by atoms with van der Waals surface area (Å²) in [6, 6.07) is 12.0. The molecule has 1 aliphatic heterocycles. The standard InChI is InChI=1S/C20H24N2O3/c1-13-18(24-2)10-15(11-19(13)25-3)20(23)22-12-17-16-7-5-4-6-14(16)8-9-21-17/h4-7,10-11,17,21H,8-9,12H2,1-3H3,(H,22,23). The topological polar surface area (TPSA) is 59.6 Å². The van der Waals surface area contributed by atoms with E-state index in [2.05, 4.69) is 28.8 Å². The van der Waals surface area contributed by atoms with Gasteiger partial charge in [-0.2, -0.15) is 0 Å². The van der Waals surface area contributed by atoms with E-state index in [9.17, 15) is 4.79 Å². The Labute approximate surface area is 148 Å². The Morgan fingerprint density at radius 3 is 2.56 bits per heavy atom. The van der Waals surface area contributed by atoms with E-state index in [1.165, 1.54) is 11.1 Å². The van der Waals surface area contributed by atoms with Crippen molar-refractivity contribution in [2.24, 2.45) is 0 Å². The molecule has 0 aliphatic carbocycles. The number of fused-ring (bicyclic) bond motifs is 1. The van der Waals surface area contributed by atoms with Gasteiger partial charge in [0.15, 0.2) is 0 Å². The number of methoxy groups -OCH3 is 2. The molecule has 25 heavy (non-hydrogen) atoms. The van der Waals surface area contributed by atoms with Crippen molar-refractivity contribution in [1.29, 1.82) is 0 Å². The van der Waals surface area contributed by atoms with Gasteiger partial charge in [0.25, 0.3) is 5.91 Å². The lowest BCUT2D eigenvalue weighted by molar-refractivity contribution is 0.0948. The second-order valence-corrected chi connectivity index (χ2v) is 6.17. The van der Waals surface area contributed by atoms with Crippen molar-refractivity contribution in [3.05, 3.63) is 58.7 Å². The largest absolute Gasteiger partial charge is 0.496 e. The fourth-order valence-corrected chi connectivity index (χ4v) is 3.29. The summed E-state index contributed by atoms with van der Waals surface area (Å²) in [7, 11) is 3.18. The molecule has 0 radical (unpaired) electrons. The van der Waals surface area contributed by atoms with E-state index in [0.717, 1.165) is 18.5 Å². The molecule has 0 aromatic heterocycles. The predicted octanol–water partition coefficient (Wildman–Crippen LogP) is 2.63. The third-order valence-corrected chi connectivity index (χ3v) is 4.70. The van der Waals surface area contributed by atoms with Crippen LogP contribution in [-0.4, -0.2) is 33.2 Å². The number of carbonyl (C=O) groups is 1. The highest BCUT2D eigenvalue weighted by atomic mass is 16.5. The first-order chi connectivity index (χ1) is 12.1. The van der Waals surface area contributed by atoms with E-state index in [4.69, 9.17) is 9.47 Å². The summed E-state index contributed by atoms with van der Waals surface area (Å²) < 4.78 is 10.7. The molecule has 5 nitrogen and oxygen atoms in total. The fraction of sp³-hybridized carbons (Fsp3) is 0.350. The predicted molar refractivity (Wildman–Crippen MR) is 97.5 cm³/mol. The van der Waals surface area contributed by atoms with Gasteiger partial charge in [0, 0.05) is 23.7 Å². The highest BCUT2D eigenvalue weighted by Crippen LogP contribution is 2.29. The Bertz CT molecular complexity index is 748. The molecule has 2 N–H and O–H groups in total. The number of rotatable bonds is 5. The van der Waals surface area contributed by atoms with Crippen LogP contribution in [0.5, 0.6) is 11.5 Å². The zero-order chi connectivity index (χ0) is 17.8. The third kappa shape index (κ3) is 3.61. The molecular weight excluding hydrogens is 316 g/mol. The molecule has 1 aliphatic rings. The molecule has 1 heterocycles. The number of carbonyl (C=O) groups excluding carboxylic acids is 1. The maximum Gasteiger partial charge on any atom is 0.251 e. The zero-order valence-corrected chi connectivity index (χ0v) is 14.9. The highest BCUT2D eigenvalue weighted by Gasteiger charge is 2.20. The molecule has 0 saturated heterocycles. The van der Waals surface area contributed by atoms with Crippen LogP contribution in [0.25, 0.3) is 0 Å². The van der Waals surface area contributed by atoms with Crippen LogP contribution in [0.15, 0.2) is 36.4 Å². The maximum absolute atomic E-state index is 12.6. The quantitative estimate of drug-likeness (QED) is 0.878. The summed E-state index contributed by atoms with van der Waals surface area (Å²) in [5, 5.41) is 6.49. The van der Waals surface area contributed by atoms with Gasteiger partial charge in [-0.15, -0.1) is 0 Å². The SMILES string of the molecule is COc1cc(C(=O)NCC2NCCc3ccccc32)cc(OC)c1C. The van der Waals surface area contributed by atoms with Crippen molar-refractivity contribution in [3.63, 3.8) is 0 Å². The van der Waals surface area contributed by atoms with Crippen molar-refractivity contribution >= 4 is 5.91 Å². The van der Waals surface area contributed by atoms with E-state index in [0.29, 0.717) is 23.6 Å². The van der Waals surface area contributed by atoms with Gasteiger partial charge in [-0.3, -0.25) is 4.79 Å². The van der Waals surface area contributed by atoms with Gasteiger partial charge in [-0.1, -0.05) is 24.3 Å². The highest BCUT2D eigenvalue weighted by molar-refractivity contribution is 5.95. The first-order valence-corrected chi connectivity index (χ1v) is 8.46. The second-order valence-electron chi connectivity index (χ2n) is 6.17. The molecule has 0 saturated carbocycles. The van der Waals surface area contributed by atoms with E-state index in [-0.39, 0.29) is 11.9 Å². The third-order valence-electron chi connectivity index (χ3n) is 4.70.